The van der Waals surface area contributed by atoms with E-state index < -0.39 is 5.97 Å². The molecule has 5 rings (SSSR count). The molecule has 0 unspecified atom stereocenters. The van der Waals surface area contributed by atoms with Gasteiger partial charge in [-0.25, -0.2) is 14.8 Å². The van der Waals surface area contributed by atoms with E-state index in [2.05, 4.69) is 9.97 Å². The summed E-state index contributed by atoms with van der Waals surface area (Å²) in [6, 6.07) is 13.4. The SMILES string of the molecule is COCc1c(C(=O)O)ncc2[nH]c3ccc4oc(-c5ccccc5)nc4c3c12. The summed E-state index contributed by atoms with van der Waals surface area (Å²) in [7, 11) is 1.53. The number of aromatic amines is 1. The first-order valence-electron chi connectivity index (χ1n) is 8.68. The Morgan fingerprint density at radius 1 is 1.14 bits per heavy atom. The summed E-state index contributed by atoms with van der Waals surface area (Å²) >= 11 is 0. The number of ether oxygens (including phenoxy) is 1. The van der Waals surface area contributed by atoms with Crippen molar-refractivity contribution in [2.45, 2.75) is 6.61 Å². The van der Waals surface area contributed by atoms with Gasteiger partial charge in [0.25, 0.3) is 0 Å². The summed E-state index contributed by atoms with van der Waals surface area (Å²) in [5, 5.41) is 11.1. The number of nitrogens with one attached hydrogen (secondary N) is 1. The number of carbonyl (C=O) groups is 1. The lowest BCUT2D eigenvalue weighted by molar-refractivity contribution is 0.0685. The van der Waals surface area contributed by atoms with Gasteiger partial charge in [-0.15, -0.1) is 0 Å². The van der Waals surface area contributed by atoms with E-state index in [1.807, 2.05) is 42.5 Å². The highest BCUT2D eigenvalue weighted by Crippen LogP contribution is 2.36. The first-order valence-corrected chi connectivity index (χ1v) is 8.68. The normalized spacial score (nSPS) is 11.6. The fourth-order valence-corrected chi connectivity index (χ4v) is 3.60. The van der Waals surface area contributed by atoms with Crippen LogP contribution < -0.4 is 0 Å². The summed E-state index contributed by atoms with van der Waals surface area (Å²) in [6.45, 7) is 0.124. The molecule has 3 heterocycles. The smallest absolute Gasteiger partial charge is 0.354 e. The van der Waals surface area contributed by atoms with E-state index >= 15 is 0 Å². The van der Waals surface area contributed by atoms with Gasteiger partial charge in [0.15, 0.2) is 11.3 Å². The molecule has 0 bridgehead atoms. The molecular weight excluding hydrogens is 358 g/mol. The number of rotatable bonds is 4. The number of carboxylic acid groups (broad SMARTS) is 1. The van der Waals surface area contributed by atoms with Gasteiger partial charge in [-0.05, 0) is 24.3 Å². The number of aromatic carboxylic acids is 1. The molecule has 0 spiro atoms. The predicted molar refractivity (Wildman–Crippen MR) is 104 cm³/mol. The number of hydrogen-bond donors (Lipinski definition) is 2. The fraction of sp³-hybridized carbons (Fsp3) is 0.0952. The van der Waals surface area contributed by atoms with E-state index in [4.69, 9.17) is 14.1 Å². The molecule has 28 heavy (non-hydrogen) atoms. The van der Waals surface area contributed by atoms with Crippen LogP contribution >= 0.6 is 0 Å². The lowest BCUT2D eigenvalue weighted by atomic mass is 10.0. The highest BCUT2D eigenvalue weighted by molar-refractivity contribution is 6.20. The number of benzene rings is 2. The second kappa shape index (κ2) is 6.17. The van der Waals surface area contributed by atoms with E-state index in [9.17, 15) is 9.90 Å². The molecule has 0 saturated carbocycles. The molecule has 3 aromatic heterocycles. The van der Waals surface area contributed by atoms with Gasteiger partial charge in [0.1, 0.15) is 5.52 Å². The van der Waals surface area contributed by atoms with Crippen LogP contribution in [-0.2, 0) is 11.3 Å². The molecule has 0 aliphatic rings. The Bertz CT molecular complexity index is 1350. The zero-order valence-corrected chi connectivity index (χ0v) is 14.9. The summed E-state index contributed by atoms with van der Waals surface area (Å²) in [4.78, 5) is 23.8. The number of methoxy groups -OCH3 is 1. The van der Waals surface area contributed by atoms with Crippen molar-refractivity contribution >= 4 is 38.9 Å². The van der Waals surface area contributed by atoms with Crippen molar-refractivity contribution in [1.82, 2.24) is 15.0 Å². The highest BCUT2D eigenvalue weighted by Gasteiger charge is 2.21. The van der Waals surface area contributed by atoms with Crippen molar-refractivity contribution in [3.05, 3.63) is 59.9 Å². The lowest BCUT2D eigenvalue weighted by Crippen LogP contribution is -2.07. The number of fused-ring (bicyclic) bond motifs is 5. The standard InChI is InChI=1S/C21H15N3O4/c1-27-10-12-16-14(9-22-18(12)21(25)26)23-13-7-8-15-19(17(13)16)24-20(28-15)11-5-3-2-4-6-11/h2-9,23H,10H2,1H3,(H,25,26). The number of aromatic nitrogens is 3. The molecule has 5 aromatic rings. The van der Waals surface area contributed by atoms with Crippen molar-refractivity contribution in [3.63, 3.8) is 0 Å². The van der Waals surface area contributed by atoms with Gasteiger partial charge >= 0.3 is 5.97 Å². The maximum atomic E-state index is 11.7. The van der Waals surface area contributed by atoms with Crippen molar-refractivity contribution in [3.8, 4) is 11.5 Å². The number of carboxylic acids is 1. The largest absolute Gasteiger partial charge is 0.477 e. The predicted octanol–water partition coefficient (Wildman–Crippen LogP) is 4.37. The summed E-state index contributed by atoms with van der Waals surface area (Å²) in [5.41, 5.74) is 4.21. The second-order valence-corrected chi connectivity index (χ2v) is 6.46. The first-order chi connectivity index (χ1) is 13.7. The van der Waals surface area contributed by atoms with Gasteiger partial charge in [0.2, 0.25) is 5.89 Å². The molecule has 2 N–H and O–H groups in total. The van der Waals surface area contributed by atoms with E-state index in [1.54, 1.807) is 0 Å². The zero-order valence-electron chi connectivity index (χ0n) is 14.9. The fourth-order valence-electron chi connectivity index (χ4n) is 3.60. The van der Waals surface area contributed by atoms with Crippen LogP contribution in [0.5, 0.6) is 0 Å². The molecule has 0 saturated heterocycles. The quantitative estimate of drug-likeness (QED) is 0.485. The van der Waals surface area contributed by atoms with Crippen LogP contribution in [0.25, 0.3) is 44.4 Å². The van der Waals surface area contributed by atoms with Crippen LogP contribution in [0.4, 0.5) is 0 Å². The molecule has 7 heteroatoms. The van der Waals surface area contributed by atoms with Crippen LogP contribution in [-0.4, -0.2) is 33.1 Å². The maximum Gasteiger partial charge on any atom is 0.354 e. The van der Waals surface area contributed by atoms with Gasteiger partial charge in [-0.2, -0.15) is 0 Å². The molecule has 0 aliphatic carbocycles. The Hall–Kier alpha value is -3.71. The van der Waals surface area contributed by atoms with Crippen LogP contribution in [0.15, 0.2) is 53.1 Å². The number of hydrogen-bond acceptors (Lipinski definition) is 5. The number of nitrogens with zero attached hydrogens (tertiary/aromatic N) is 2. The molecular formula is C21H15N3O4. The van der Waals surface area contributed by atoms with Gasteiger partial charge in [0, 0.05) is 34.5 Å². The van der Waals surface area contributed by atoms with Crippen LogP contribution in [0.2, 0.25) is 0 Å². The summed E-state index contributed by atoms with van der Waals surface area (Å²) in [6.07, 6.45) is 1.53. The van der Waals surface area contributed by atoms with Gasteiger partial charge < -0.3 is 19.2 Å². The maximum absolute atomic E-state index is 11.7. The Morgan fingerprint density at radius 3 is 2.71 bits per heavy atom. The Balaban J connectivity index is 1.90. The van der Waals surface area contributed by atoms with Crippen molar-refractivity contribution in [2.24, 2.45) is 0 Å². The van der Waals surface area contributed by atoms with Crippen LogP contribution in [0, 0.1) is 0 Å². The minimum Gasteiger partial charge on any atom is -0.477 e. The molecule has 0 atom stereocenters. The third-order valence-electron chi connectivity index (χ3n) is 4.77. The van der Waals surface area contributed by atoms with Crippen molar-refractivity contribution in [2.75, 3.05) is 7.11 Å². The Labute approximate surface area is 158 Å². The zero-order chi connectivity index (χ0) is 19.3. The summed E-state index contributed by atoms with van der Waals surface area (Å²) < 4.78 is 11.2. The number of oxazole rings is 1. The molecule has 0 amide bonds. The minimum absolute atomic E-state index is 0.0287. The van der Waals surface area contributed by atoms with Crippen LogP contribution in [0.1, 0.15) is 16.1 Å². The molecule has 0 fully saturated rings. The molecule has 138 valence electrons. The Morgan fingerprint density at radius 2 is 1.96 bits per heavy atom. The van der Waals surface area contributed by atoms with Gasteiger partial charge in [0.05, 0.1) is 18.3 Å². The molecule has 2 aromatic carbocycles. The number of pyridine rings is 1. The van der Waals surface area contributed by atoms with Crippen molar-refractivity contribution in [1.29, 1.82) is 0 Å². The minimum atomic E-state index is -1.10. The van der Waals surface area contributed by atoms with Gasteiger partial charge in [-0.1, -0.05) is 18.2 Å². The number of H-pyrrole nitrogens is 1. The third kappa shape index (κ3) is 2.37. The first kappa shape index (κ1) is 16.5. The lowest BCUT2D eigenvalue weighted by Gasteiger charge is -2.06. The highest BCUT2D eigenvalue weighted by atomic mass is 16.5. The van der Waals surface area contributed by atoms with Crippen LogP contribution in [0.3, 0.4) is 0 Å². The summed E-state index contributed by atoms with van der Waals surface area (Å²) in [5.74, 6) is -0.584. The second-order valence-electron chi connectivity index (χ2n) is 6.46. The Kier molecular flexibility index (Phi) is 3.63. The molecule has 7 nitrogen and oxygen atoms in total. The monoisotopic (exact) mass is 373 g/mol. The topological polar surface area (TPSA) is 101 Å². The van der Waals surface area contributed by atoms with E-state index in [0.29, 0.717) is 22.6 Å². The van der Waals surface area contributed by atoms with Gasteiger partial charge in [-0.3, -0.25) is 0 Å². The third-order valence-corrected chi connectivity index (χ3v) is 4.77. The average Bonchev–Trinajstić information content (AvgIpc) is 3.30. The van der Waals surface area contributed by atoms with Crippen molar-refractivity contribution < 1.29 is 19.1 Å². The average molecular weight is 373 g/mol. The van der Waals surface area contributed by atoms with E-state index in [1.165, 1.54) is 13.3 Å². The van der Waals surface area contributed by atoms with E-state index in [-0.39, 0.29) is 12.3 Å². The van der Waals surface area contributed by atoms with E-state index in [0.717, 1.165) is 27.4 Å². The molecule has 0 radical (unpaired) electrons. The molecule has 0 aliphatic heterocycles.